The van der Waals surface area contributed by atoms with Gasteiger partial charge in [0.15, 0.2) is 11.6 Å². The summed E-state index contributed by atoms with van der Waals surface area (Å²) in [6.45, 7) is 7.51. The van der Waals surface area contributed by atoms with E-state index in [0.717, 1.165) is 16.3 Å². The lowest BCUT2D eigenvalue weighted by Crippen LogP contribution is -2.49. The van der Waals surface area contributed by atoms with Crippen LogP contribution in [0.25, 0.3) is 10.8 Å². The number of carbonyl (C=O) groups excluding carboxylic acids is 2. The zero-order valence-corrected chi connectivity index (χ0v) is 15.5. The Kier molecular flexibility index (Phi) is 3.92. The molecule has 27 heavy (non-hydrogen) atoms. The van der Waals surface area contributed by atoms with Crippen LogP contribution in [0.1, 0.15) is 31.7 Å². The van der Waals surface area contributed by atoms with Gasteiger partial charge in [0.25, 0.3) is 0 Å². The summed E-state index contributed by atoms with van der Waals surface area (Å²) >= 11 is 0. The van der Waals surface area contributed by atoms with Crippen molar-refractivity contribution >= 4 is 22.3 Å². The molecule has 2 aliphatic carbocycles. The molecule has 0 spiro atoms. The molecule has 0 fully saturated rings. The van der Waals surface area contributed by atoms with E-state index in [2.05, 4.69) is 6.58 Å². The third-order valence-corrected chi connectivity index (χ3v) is 6.27. The minimum absolute atomic E-state index is 0.0151. The van der Waals surface area contributed by atoms with Crippen molar-refractivity contribution < 1.29 is 14.7 Å². The number of hydrogen-bond donors (Lipinski definition) is 1. The second kappa shape index (κ2) is 6.05. The normalized spacial score (nSPS) is 27.8. The Labute approximate surface area is 158 Å². The van der Waals surface area contributed by atoms with Gasteiger partial charge in [-0.15, -0.1) is 0 Å². The van der Waals surface area contributed by atoms with Crippen molar-refractivity contribution in [1.29, 1.82) is 0 Å². The van der Waals surface area contributed by atoms with Crippen LogP contribution >= 0.6 is 0 Å². The van der Waals surface area contributed by atoms with Gasteiger partial charge in [-0.05, 0) is 47.4 Å². The van der Waals surface area contributed by atoms with Gasteiger partial charge in [-0.25, -0.2) is 0 Å². The minimum atomic E-state index is -0.949. The number of benzene rings is 2. The van der Waals surface area contributed by atoms with Crippen LogP contribution in [0.2, 0.25) is 0 Å². The van der Waals surface area contributed by atoms with Crippen molar-refractivity contribution in [2.45, 2.75) is 26.2 Å². The first-order valence-corrected chi connectivity index (χ1v) is 9.19. The Morgan fingerprint density at radius 3 is 2.67 bits per heavy atom. The van der Waals surface area contributed by atoms with E-state index in [1.54, 1.807) is 19.1 Å². The topological polar surface area (TPSA) is 54.4 Å². The van der Waals surface area contributed by atoms with Crippen molar-refractivity contribution in [3.05, 3.63) is 77.9 Å². The fourth-order valence-electron chi connectivity index (χ4n) is 4.92. The smallest absolute Gasteiger partial charge is 0.166 e. The highest BCUT2D eigenvalue weighted by Crippen LogP contribution is 2.57. The highest BCUT2D eigenvalue weighted by atomic mass is 16.3. The molecule has 4 rings (SSSR count). The molecule has 0 heterocycles. The number of Topliss-reactive ketones (excluding diaryl/α,β-unsaturated/α-hetero) is 1. The predicted octanol–water partition coefficient (Wildman–Crippen LogP) is 4.87. The first-order chi connectivity index (χ1) is 12.9. The van der Waals surface area contributed by atoms with Crippen LogP contribution in [0, 0.1) is 11.3 Å². The van der Waals surface area contributed by atoms with E-state index in [0.29, 0.717) is 17.6 Å². The quantitative estimate of drug-likeness (QED) is 0.833. The molecule has 2 aliphatic rings. The Balaban J connectivity index is 2.07. The van der Waals surface area contributed by atoms with E-state index in [1.165, 1.54) is 6.08 Å². The van der Waals surface area contributed by atoms with Gasteiger partial charge in [-0.1, -0.05) is 56.0 Å². The van der Waals surface area contributed by atoms with Crippen molar-refractivity contribution in [2.24, 2.45) is 11.3 Å². The number of hydrogen-bond acceptors (Lipinski definition) is 3. The maximum atomic E-state index is 13.4. The summed E-state index contributed by atoms with van der Waals surface area (Å²) in [4.78, 5) is 26.1. The lowest BCUT2D eigenvalue weighted by Gasteiger charge is -2.47. The molecule has 3 atom stereocenters. The van der Waals surface area contributed by atoms with Crippen molar-refractivity contribution in [1.82, 2.24) is 0 Å². The molecule has 0 saturated carbocycles. The molecule has 0 aromatic heterocycles. The number of fused-ring (bicyclic) bond motifs is 2. The molecule has 3 nitrogen and oxygen atoms in total. The summed E-state index contributed by atoms with van der Waals surface area (Å²) < 4.78 is 0. The Hall–Kier alpha value is -2.94. The molecule has 0 unspecified atom stereocenters. The van der Waals surface area contributed by atoms with E-state index in [-0.39, 0.29) is 17.3 Å². The van der Waals surface area contributed by atoms with E-state index < -0.39 is 17.3 Å². The van der Waals surface area contributed by atoms with E-state index in [1.807, 2.05) is 43.3 Å². The molecule has 0 saturated heterocycles. The van der Waals surface area contributed by atoms with Gasteiger partial charge in [-0.3, -0.25) is 9.59 Å². The third-order valence-electron chi connectivity index (χ3n) is 6.27. The first-order valence-electron chi connectivity index (χ1n) is 9.19. The van der Waals surface area contributed by atoms with Gasteiger partial charge in [0.1, 0.15) is 5.75 Å². The fraction of sp³-hybridized carbons (Fsp3) is 0.250. The SMILES string of the molecule is C=CC1=CC[C@H]2C(=O)C=C(C)C(=O)[C@@]2(C)[C@H]1c1c(O)ccc2ccccc12. The number of aromatic hydroxyl groups is 1. The molecule has 2 aromatic carbocycles. The summed E-state index contributed by atoms with van der Waals surface area (Å²) in [7, 11) is 0. The van der Waals surface area contributed by atoms with Gasteiger partial charge < -0.3 is 5.11 Å². The average Bonchev–Trinajstić information content (AvgIpc) is 2.66. The van der Waals surface area contributed by atoms with Gasteiger partial charge in [0, 0.05) is 17.4 Å². The van der Waals surface area contributed by atoms with Crippen molar-refractivity contribution in [2.75, 3.05) is 0 Å². The maximum absolute atomic E-state index is 13.4. The predicted molar refractivity (Wildman–Crippen MR) is 107 cm³/mol. The lowest BCUT2D eigenvalue weighted by atomic mass is 9.53. The second-order valence-corrected chi connectivity index (χ2v) is 7.69. The third kappa shape index (κ3) is 2.34. The number of ketones is 2. The molecule has 3 heteroatoms. The molecule has 1 N–H and O–H groups in total. The number of phenols is 1. The second-order valence-electron chi connectivity index (χ2n) is 7.69. The summed E-state index contributed by atoms with van der Waals surface area (Å²) in [5.74, 6) is -0.767. The Morgan fingerprint density at radius 2 is 1.93 bits per heavy atom. The Bertz CT molecular complexity index is 1060. The van der Waals surface area contributed by atoms with Crippen LogP contribution in [-0.2, 0) is 9.59 Å². The van der Waals surface area contributed by atoms with Gasteiger partial charge in [0.2, 0.25) is 0 Å². The van der Waals surface area contributed by atoms with Crippen LogP contribution in [0.5, 0.6) is 5.75 Å². The number of rotatable bonds is 2. The van der Waals surface area contributed by atoms with Gasteiger partial charge in [0.05, 0.1) is 5.41 Å². The molecule has 0 bridgehead atoms. The van der Waals surface area contributed by atoms with Crippen LogP contribution in [0.3, 0.4) is 0 Å². The van der Waals surface area contributed by atoms with Crippen molar-refractivity contribution in [3.8, 4) is 5.75 Å². The zero-order chi connectivity index (χ0) is 19.3. The molecule has 2 aromatic rings. The monoisotopic (exact) mass is 358 g/mol. The summed E-state index contributed by atoms with van der Waals surface area (Å²) in [6, 6.07) is 11.3. The van der Waals surface area contributed by atoms with E-state index in [9.17, 15) is 14.7 Å². The highest BCUT2D eigenvalue weighted by molar-refractivity contribution is 6.13. The van der Waals surface area contributed by atoms with E-state index >= 15 is 0 Å². The van der Waals surface area contributed by atoms with Crippen LogP contribution < -0.4 is 0 Å². The summed E-state index contributed by atoms with van der Waals surface area (Å²) in [6.07, 6.45) is 5.72. The molecule has 0 amide bonds. The van der Waals surface area contributed by atoms with Crippen molar-refractivity contribution in [3.63, 3.8) is 0 Å². The number of carbonyl (C=O) groups is 2. The van der Waals surface area contributed by atoms with Gasteiger partial charge in [-0.2, -0.15) is 0 Å². The summed E-state index contributed by atoms with van der Waals surface area (Å²) in [5.41, 5.74) is 1.11. The molecule has 0 aliphatic heterocycles. The minimum Gasteiger partial charge on any atom is -0.508 e. The van der Waals surface area contributed by atoms with Gasteiger partial charge >= 0.3 is 0 Å². The fourth-order valence-corrected chi connectivity index (χ4v) is 4.92. The molecular formula is C24H22O3. The molecular weight excluding hydrogens is 336 g/mol. The number of phenolic OH excluding ortho intramolecular Hbond substituents is 1. The largest absolute Gasteiger partial charge is 0.508 e. The maximum Gasteiger partial charge on any atom is 0.166 e. The summed E-state index contributed by atoms with van der Waals surface area (Å²) in [5, 5.41) is 12.7. The lowest BCUT2D eigenvalue weighted by molar-refractivity contribution is -0.137. The molecule has 136 valence electrons. The first kappa shape index (κ1) is 17.5. The number of allylic oxidation sites excluding steroid dienone is 5. The zero-order valence-electron chi connectivity index (χ0n) is 15.5. The standard InChI is InChI=1S/C24H22O3/c1-4-15-9-11-18-20(26)13-14(2)23(27)24(18,3)22(15)21-17-8-6-5-7-16(17)10-12-19(21)25/h4-10,12-13,18,22,25H,1,11H2,2-3H3/t18-,22+,24+/m0/s1. The van der Waals surface area contributed by atoms with Crippen LogP contribution in [0.15, 0.2) is 72.4 Å². The molecule has 0 radical (unpaired) electrons. The average molecular weight is 358 g/mol. The van der Waals surface area contributed by atoms with Crippen LogP contribution in [0.4, 0.5) is 0 Å². The van der Waals surface area contributed by atoms with Crippen LogP contribution in [-0.4, -0.2) is 16.7 Å². The van der Waals surface area contributed by atoms with E-state index in [4.69, 9.17) is 0 Å². The highest BCUT2D eigenvalue weighted by Gasteiger charge is 2.55. The Morgan fingerprint density at radius 1 is 1.19 bits per heavy atom.